The predicted molar refractivity (Wildman–Crippen MR) is 77.8 cm³/mol. The summed E-state index contributed by atoms with van der Waals surface area (Å²) in [4.78, 5) is 11.7. The summed E-state index contributed by atoms with van der Waals surface area (Å²) in [6, 6.07) is 2.56. The highest BCUT2D eigenvalue weighted by atomic mass is 79.9. The van der Waals surface area contributed by atoms with Gasteiger partial charge in [0.1, 0.15) is 5.82 Å². The largest absolute Gasteiger partial charge is 0.481 e. The predicted octanol–water partition coefficient (Wildman–Crippen LogP) is 3.77. The maximum Gasteiger partial charge on any atom is 0.311 e. The molecular weight excluding hydrogens is 325 g/mol. The third-order valence-electron chi connectivity index (χ3n) is 4.95. The summed E-state index contributed by atoms with van der Waals surface area (Å²) in [6.45, 7) is 0. The Morgan fingerprint density at radius 2 is 2.15 bits per heavy atom. The number of nitrogens with two attached hydrogens (primary N) is 1. The molecule has 4 unspecified atom stereocenters. The Kier molecular flexibility index (Phi) is 3.48. The van der Waals surface area contributed by atoms with Gasteiger partial charge in [-0.1, -0.05) is 6.42 Å². The molecule has 2 bridgehead atoms. The van der Waals surface area contributed by atoms with E-state index in [0.717, 1.165) is 19.3 Å². The molecule has 2 aliphatic carbocycles. The molecule has 0 spiro atoms. The Hall–Kier alpha value is -1.10. The molecule has 4 atom stereocenters. The van der Waals surface area contributed by atoms with E-state index in [4.69, 9.17) is 5.73 Å². The van der Waals surface area contributed by atoms with Crippen molar-refractivity contribution in [2.75, 3.05) is 5.73 Å². The van der Waals surface area contributed by atoms with Gasteiger partial charge in [0.2, 0.25) is 0 Å². The standard InChI is InChI=1S/C15H17BrFNO2/c16-12-6-9(17)5-11(14(12)18)13(15(19)20)10-4-7-1-2-8(10)3-7/h5-8,10,13H,1-4,18H2,(H,19,20). The minimum absolute atomic E-state index is 0.0854. The topological polar surface area (TPSA) is 63.3 Å². The number of benzene rings is 1. The molecule has 2 aliphatic rings. The van der Waals surface area contributed by atoms with Gasteiger partial charge in [-0.05, 0) is 70.6 Å². The summed E-state index contributed by atoms with van der Waals surface area (Å²) in [6.07, 6.45) is 4.34. The van der Waals surface area contributed by atoms with Crippen molar-refractivity contribution in [1.82, 2.24) is 0 Å². The van der Waals surface area contributed by atoms with Crippen LogP contribution in [0.3, 0.4) is 0 Å². The molecule has 0 amide bonds. The molecule has 0 heterocycles. The fraction of sp³-hybridized carbons (Fsp3) is 0.533. The van der Waals surface area contributed by atoms with E-state index < -0.39 is 17.7 Å². The lowest BCUT2D eigenvalue weighted by Gasteiger charge is -2.29. The van der Waals surface area contributed by atoms with Crippen LogP contribution in [0.1, 0.15) is 37.2 Å². The van der Waals surface area contributed by atoms with E-state index in [1.165, 1.54) is 18.6 Å². The minimum atomic E-state index is -0.897. The fourth-order valence-electron chi connectivity index (χ4n) is 4.11. The number of hydrogen-bond donors (Lipinski definition) is 2. The highest BCUT2D eigenvalue weighted by molar-refractivity contribution is 9.10. The number of anilines is 1. The van der Waals surface area contributed by atoms with Gasteiger partial charge in [0, 0.05) is 4.47 Å². The van der Waals surface area contributed by atoms with Crippen LogP contribution in [0.15, 0.2) is 16.6 Å². The number of carboxylic acids is 1. The monoisotopic (exact) mass is 341 g/mol. The second-order valence-corrected chi connectivity index (χ2v) is 6.90. The van der Waals surface area contributed by atoms with Gasteiger partial charge in [-0.15, -0.1) is 0 Å². The van der Waals surface area contributed by atoms with Gasteiger partial charge in [0.05, 0.1) is 11.6 Å². The number of fused-ring (bicyclic) bond motifs is 2. The van der Waals surface area contributed by atoms with E-state index in [0.29, 0.717) is 27.6 Å². The van der Waals surface area contributed by atoms with E-state index in [1.807, 2.05) is 0 Å². The molecule has 0 radical (unpaired) electrons. The van der Waals surface area contributed by atoms with Crippen molar-refractivity contribution >= 4 is 27.6 Å². The van der Waals surface area contributed by atoms with Crippen LogP contribution in [0.2, 0.25) is 0 Å². The number of nitrogen functional groups attached to an aromatic ring is 1. The van der Waals surface area contributed by atoms with Gasteiger partial charge in [-0.2, -0.15) is 0 Å². The molecular formula is C15H17BrFNO2. The van der Waals surface area contributed by atoms with Crippen molar-refractivity contribution in [2.45, 2.75) is 31.6 Å². The van der Waals surface area contributed by atoms with Gasteiger partial charge in [-0.25, -0.2) is 4.39 Å². The smallest absolute Gasteiger partial charge is 0.311 e. The van der Waals surface area contributed by atoms with Crippen molar-refractivity contribution in [1.29, 1.82) is 0 Å². The molecule has 2 saturated carbocycles. The van der Waals surface area contributed by atoms with E-state index >= 15 is 0 Å². The lowest BCUT2D eigenvalue weighted by Crippen LogP contribution is -2.27. The molecule has 3 N–H and O–H groups in total. The first-order valence-corrected chi connectivity index (χ1v) is 7.74. The van der Waals surface area contributed by atoms with Gasteiger partial charge in [0.25, 0.3) is 0 Å². The van der Waals surface area contributed by atoms with Crippen LogP contribution in [0, 0.1) is 23.6 Å². The van der Waals surface area contributed by atoms with Crippen molar-refractivity contribution in [3.63, 3.8) is 0 Å². The molecule has 0 saturated heterocycles. The Morgan fingerprint density at radius 1 is 1.40 bits per heavy atom. The molecule has 20 heavy (non-hydrogen) atoms. The van der Waals surface area contributed by atoms with E-state index in [2.05, 4.69) is 15.9 Å². The van der Waals surface area contributed by atoms with Crippen molar-refractivity contribution < 1.29 is 14.3 Å². The summed E-state index contributed by atoms with van der Waals surface area (Å²) in [5.41, 5.74) is 6.75. The molecule has 0 aromatic heterocycles. The summed E-state index contributed by atoms with van der Waals surface area (Å²) in [7, 11) is 0. The van der Waals surface area contributed by atoms with Crippen LogP contribution in [0.4, 0.5) is 10.1 Å². The lowest BCUT2D eigenvalue weighted by molar-refractivity contribution is -0.140. The molecule has 0 aliphatic heterocycles. The van der Waals surface area contributed by atoms with Crippen LogP contribution in [-0.2, 0) is 4.79 Å². The third-order valence-corrected chi connectivity index (χ3v) is 5.60. The maximum absolute atomic E-state index is 13.6. The number of carbonyl (C=O) groups is 1. The SMILES string of the molecule is Nc1c(Br)cc(F)cc1C(C(=O)O)C1CC2CCC1C2. The van der Waals surface area contributed by atoms with Crippen molar-refractivity contribution in [3.8, 4) is 0 Å². The first kappa shape index (κ1) is 13.9. The molecule has 1 aromatic rings. The Morgan fingerprint density at radius 3 is 2.70 bits per heavy atom. The highest BCUT2D eigenvalue weighted by Gasteiger charge is 2.46. The van der Waals surface area contributed by atoms with E-state index in [1.54, 1.807) is 0 Å². The van der Waals surface area contributed by atoms with Crippen LogP contribution >= 0.6 is 15.9 Å². The number of hydrogen-bond acceptors (Lipinski definition) is 2. The Balaban J connectivity index is 2.01. The van der Waals surface area contributed by atoms with Gasteiger partial charge >= 0.3 is 5.97 Å². The van der Waals surface area contributed by atoms with E-state index in [9.17, 15) is 14.3 Å². The van der Waals surface area contributed by atoms with Crippen molar-refractivity contribution in [3.05, 3.63) is 28.0 Å². The highest BCUT2D eigenvalue weighted by Crippen LogP contribution is 2.54. The van der Waals surface area contributed by atoms with Crippen LogP contribution < -0.4 is 5.73 Å². The summed E-state index contributed by atoms with van der Waals surface area (Å²) in [5.74, 6) is -0.866. The number of halogens is 2. The second-order valence-electron chi connectivity index (χ2n) is 6.05. The molecule has 3 nitrogen and oxygen atoms in total. The fourth-order valence-corrected chi connectivity index (χ4v) is 4.56. The first-order valence-electron chi connectivity index (χ1n) is 6.94. The van der Waals surface area contributed by atoms with Crippen molar-refractivity contribution in [2.24, 2.45) is 17.8 Å². The Labute approximate surface area is 125 Å². The second kappa shape index (κ2) is 5.02. The van der Waals surface area contributed by atoms with Gasteiger partial charge in [-0.3, -0.25) is 4.79 Å². The number of rotatable bonds is 3. The zero-order valence-electron chi connectivity index (χ0n) is 11.0. The minimum Gasteiger partial charge on any atom is -0.481 e. The first-order chi connectivity index (χ1) is 9.47. The maximum atomic E-state index is 13.6. The van der Waals surface area contributed by atoms with Crippen LogP contribution in [0.5, 0.6) is 0 Å². The average Bonchev–Trinajstić information content (AvgIpc) is 2.97. The summed E-state index contributed by atoms with van der Waals surface area (Å²) in [5, 5.41) is 9.63. The van der Waals surface area contributed by atoms with Gasteiger partial charge < -0.3 is 10.8 Å². The van der Waals surface area contributed by atoms with Gasteiger partial charge in [0.15, 0.2) is 0 Å². The normalized spacial score (nSPS) is 29.6. The zero-order valence-corrected chi connectivity index (χ0v) is 12.6. The Bertz CT molecular complexity index is 563. The molecule has 108 valence electrons. The third kappa shape index (κ3) is 2.22. The molecule has 3 rings (SSSR count). The summed E-state index contributed by atoms with van der Waals surface area (Å²) >= 11 is 3.21. The van der Waals surface area contributed by atoms with Crippen LogP contribution in [-0.4, -0.2) is 11.1 Å². The quantitative estimate of drug-likeness (QED) is 0.822. The summed E-state index contributed by atoms with van der Waals surface area (Å²) < 4.78 is 14.1. The van der Waals surface area contributed by atoms with Crippen LogP contribution in [0.25, 0.3) is 0 Å². The molecule has 2 fully saturated rings. The zero-order chi connectivity index (χ0) is 14.4. The number of carboxylic acid groups (broad SMARTS) is 1. The average molecular weight is 342 g/mol. The molecule has 1 aromatic carbocycles. The molecule has 5 heteroatoms. The lowest BCUT2D eigenvalue weighted by atomic mass is 9.75. The van der Waals surface area contributed by atoms with E-state index in [-0.39, 0.29) is 5.92 Å². The number of aliphatic carboxylic acids is 1.